The lowest BCUT2D eigenvalue weighted by Gasteiger charge is -2.23. The number of hydrogen-bond donors (Lipinski definition) is 1. The Kier molecular flexibility index (Phi) is 4.07. The van der Waals surface area contributed by atoms with Crippen molar-refractivity contribution in [1.82, 2.24) is 10.3 Å². The summed E-state index contributed by atoms with van der Waals surface area (Å²) in [5.74, 6) is -0.385. The molecule has 110 valence electrons. The molecule has 20 heavy (non-hydrogen) atoms. The van der Waals surface area contributed by atoms with Crippen molar-refractivity contribution in [1.29, 1.82) is 0 Å². The van der Waals surface area contributed by atoms with Crippen LogP contribution in [0, 0.1) is 10.1 Å². The predicted octanol–water partition coefficient (Wildman–Crippen LogP) is 2.14. The highest BCUT2D eigenvalue weighted by molar-refractivity contribution is 5.45. The SMILES string of the molecule is O=[N+]([O-])c1cnc(C(F)(F)F)cc1OC1CCNCC1. The van der Waals surface area contributed by atoms with Gasteiger partial charge in [0.25, 0.3) is 0 Å². The van der Waals surface area contributed by atoms with Crippen molar-refractivity contribution in [3.63, 3.8) is 0 Å². The zero-order valence-electron chi connectivity index (χ0n) is 10.3. The summed E-state index contributed by atoms with van der Waals surface area (Å²) in [4.78, 5) is 13.1. The van der Waals surface area contributed by atoms with Crippen LogP contribution in [0.3, 0.4) is 0 Å². The standard InChI is InChI=1S/C11H12F3N3O3/c12-11(13,14)10-5-9(8(6-16-10)17(18)19)20-7-1-3-15-4-2-7/h5-7,15H,1-4H2. The quantitative estimate of drug-likeness (QED) is 0.682. The van der Waals surface area contributed by atoms with Crippen LogP contribution < -0.4 is 10.1 Å². The molecular weight excluding hydrogens is 279 g/mol. The second-order valence-electron chi connectivity index (χ2n) is 4.36. The van der Waals surface area contributed by atoms with Crippen molar-refractivity contribution in [2.24, 2.45) is 0 Å². The van der Waals surface area contributed by atoms with E-state index in [0.29, 0.717) is 38.2 Å². The van der Waals surface area contributed by atoms with E-state index in [4.69, 9.17) is 4.74 Å². The molecular formula is C11H12F3N3O3. The number of ether oxygens (including phenoxy) is 1. The Morgan fingerprint density at radius 1 is 1.40 bits per heavy atom. The van der Waals surface area contributed by atoms with E-state index in [2.05, 4.69) is 10.3 Å². The number of nitro groups is 1. The van der Waals surface area contributed by atoms with Gasteiger partial charge in [0.05, 0.1) is 4.92 Å². The van der Waals surface area contributed by atoms with Crippen molar-refractivity contribution < 1.29 is 22.8 Å². The third kappa shape index (κ3) is 3.35. The lowest BCUT2D eigenvalue weighted by molar-refractivity contribution is -0.386. The number of hydrogen-bond acceptors (Lipinski definition) is 5. The Morgan fingerprint density at radius 3 is 2.60 bits per heavy atom. The largest absolute Gasteiger partial charge is 0.483 e. The summed E-state index contributed by atoms with van der Waals surface area (Å²) in [5.41, 5.74) is -1.76. The molecule has 1 saturated heterocycles. The first-order valence-electron chi connectivity index (χ1n) is 5.97. The first kappa shape index (κ1) is 14.5. The molecule has 0 bridgehead atoms. The van der Waals surface area contributed by atoms with E-state index in [-0.39, 0.29) is 11.9 Å². The zero-order chi connectivity index (χ0) is 14.8. The van der Waals surface area contributed by atoms with Gasteiger partial charge in [-0.15, -0.1) is 0 Å². The van der Waals surface area contributed by atoms with E-state index in [1.807, 2.05) is 0 Å². The molecule has 1 fully saturated rings. The van der Waals surface area contributed by atoms with Crippen LogP contribution >= 0.6 is 0 Å². The maximum Gasteiger partial charge on any atom is 0.433 e. The molecule has 0 radical (unpaired) electrons. The highest BCUT2D eigenvalue weighted by atomic mass is 19.4. The molecule has 1 aromatic rings. The highest BCUT2D eigenvalue weighted by Gasteiger charge is 2.35. The number of nitrogens with one attached hydrogen (secondary N) is 1. The van der Waals surface area contributed by atoms with Crippen LogP contribution in [-0.2, 0) is 6.18 Å². The molecule has 0 spiro atoms. The van der Waals surface area contributed by atoms with E-state index in [9.17, 15) is 23.3 Å². The fourth-order valence-electron chi connectivity index (χ4n) is 1.91. The Labute approximate surface area is 112 Å². The smallest absolute Gasteiger partial charge is 0.433 e. The van der Waals surface area contributed by atoms with Gasteiger partial charge in [-0.2, -0.15) is 13.2 Å². The normalized spacial score (nSPS) is 16.9. The van der Waals surface area contributed by atoms with Crippen LogP contribution in [0.15, 0.2) is 12.3 Å². The average Bonchev–Trinajstić information content (AvgIpc) is 2.38. The van der Waals surface area contributed by atoms with Gasteiger partial charge in [-0.1, -0.05) is 0 Å². The predicted molar refractivity (Wildman–Crippen MR) is 62.4 cm³/mol. The van der Waals surface area contributed by atoms with Crippen LogP contribution in [0.25, 0.3) is 0 Å². The van der Waals surface area contributed by atoms with Gasteiger partial charge in [0, 0.05) is 6.07 Å². The van der Waals surface area contributed by atoms with E-state index < -0.39 is 22.5 Å². The Balaban J connectivity index is 2.29. The summed E-state index contributed by atoms with van der Waals surface area (Å²) < 4.78 is 43.1. The fraction of sp³-hybridized carbons (Fsp3) is 0.545. The van der Waals surface area contributed by atoms with Crippen LogP contribution in [-0.4, -0.2) is 29.1 Å². The molecule has 6 nitrogen and oxygen atoms in total. The molecule has 2 heterocycles. The highest BCUT2D eigenvalue weighted by Crippen LogP contribution is 2.35. The third-order valence-electron chi connectivity index (χ3n) is 2.91. The topological polar surface area (TPSA) is 77.3 Å². The number of rotatable bonds is 3. The minimum Gasteiger partial charge on any atom is -0.483 e. The Bertz CT molecular complexity index is 501. The minimum atomic E-state index is -4.67. The number of nitrogens with zero attached hydrogens (tertiary/aromatic N) is 2. The van der Waals surface area contributed by atoms with Crippen molar-refractivity contribution in [3.8, 4) is 5.75 Å². The average molecular weight is 291 g/mol. The maximum absolute atomic E-state index is 12.6. The van der Waals surface area contributed by atoms with E-state index in [1.165, 1.54) is 0 Å². The lowest BCUT2D eigenvalue weighted by atomic mass is 10.1. The molecule has 1 N–H and O–H groups in total. The van der Waals surface area contributed by atoms with Gasteiger partial charge in [0.1, 0.15) is 18.0 Å². The fourth-order valence-corrected chi connectivity index (χ4v) is 1.91. The van der Waals surface area contributed by atoms with Crippen LogP contribution in [0.2, 0.25) is 0 Å². The van der Waals surface area contributed by atoms with Crippen LogP contribution in [0.4, 0.5) is 18.9 Å². The summed E-state index contributed by atoms with van der Waals surface area (Å²) in [6.07, 6.45) is -3.25. The third-order valence-corrected chi connectivity index (χ3v) is 2.91. The molecule has 0 saturated carbocycles. The molecule has 0 aromatic carbocycles. The Morgan fingerprint density at radius 2 is 2.05 bits per heavy atom. The lowest BCUT2D eigenvalue weighted by Crippen LogP contribution is -2.34. The van der Waals surface area contributed by atoms with Crippen molar-refractivity contribution in [2.45, 2.75) is 25.1 Å². The van der Waals surface area contributed by atoms with Gasteiger partial charge in [0.15, 0.2) is 0 Å². The molecule has 1 aromatic heterocycles. The van der Waals surface area contributed by atoms with E-state index >= 15 is 0 Å². The number of aromatic nitrogens is 1. The number of pyridine rings is 1. The van der Waals surface area contributed by atoms with Crippen LogP contribution in [0.5, 0.6) is 5.75 Å². The molecule has 0 amide bonds. The summed E-state index contributed by atoms with van der Waals surface area (Å²) in [5, 5.41) is 13.9. The van der Waals surface area contributed by atoms with Gasteiger partial charge in [-0.05, 0) is 25.9 Å². The van der Waals surface area contributed by atoms with Gasteiger partial charge < -0.3 is 10.1 Å². The summed E-state index contributed by atoms with van der Waals surface area (Å²) >= 11 is 0. The van der Waals surface area contributed by atoms with Gasteiger partial charge in [0.2, 0.25) is 5.75 Å². The Hall–Kier alpha value is -1.90. The van der Waals surface area contributed by atoms with E-state index in [1.54, 1.807) is 0 Å². The van der Waals surface area contributed by atoms with Crippen molar-refractivity contribution >= 4 is 5.69 Å². The monoisotopic (exact) mass is 291 g/mol. The van der Waals surface area contributed by atoms with Crippen molar-refractivity contribution in [2.75, 3.05) is 13.1 Å². The number of alkyl halides is 3. The summed E-state index contributed by atoms with van der Waals surface area (Å²) in [6, 6.07) is 0.583. The van der Waals surface area contributed by atoms with Crippen molar-refractivity contribution in [3.05, 3.63) is 28.1 Å². The molecule has 0 atom stereocenters. The van der Waals surface area contributed by atoms with Crippen LogP contribution in [0.1, 0.15) is 18.5 Å². The number of halogens is 3. The molecule has 2 rings (SSSR count). The first-order chi connectivity index (χ1) is 9.38. The van der Waals surface area contributed by atoms with Gasteiger partial charge >= 0.3 is 11.9 Å². The molecule has 1 aliphatic rings. The first-order valence-corrected chi connectivity index (χ1v) is 5.97. The molecule has 9 heteroatoms. The maximum atomic E-state index is 12.6. The zero-order valence-corrected chi connectivity index (χ0v) is 10.3. The second kappa shape index (κ2) is 5.61. The molecule has 0 aliphatic carbocycles. The molecule has 1 aliphatic heterocycles. The summed E-state index contributed by atoms with van der Waals surface area (Å²) in [6.45, 7) is 1.32. The van der Waals surface area contributed by atoms with Gasteiger partial charge in [-0.3, -0.25) is 10.1 Å². The minimum absolute atomic E-state index is 0.335. The summed E-state index contributed by atoms with van der Waals surface area (Å²) in [7, 11) is 0. The van der Waals surface area contributed by atoms with Gasteiger partial charge in [-0.25, -0.2) is 4.98 Å². The second-order valence-corrected chi connectivity index (χ2v) is 4.36. The number of piperidine rings is 1. The molecule has 0 unspecified atom stereocenters. The van der Waals surface area contributed by atoms with E-state index in [0.717, 1.165) is 0 Å².